The van der Waals surface area contributed by atoms with Crippen molar-refractivity contribution in [2.75, 3.05) is 6.61 Å². The van der Waals surface area contributed by atoms with Crippen molar-refractivity contribution in [3.63, 3.8) is 0 Å². The molecule has 0 saturated carbocycles. The second kappa shape index (κ2) is 2.91. The molecule has 1 unspecified atom stereocenters. The minimum Gasteiger partial charge on any atom is -0.373 e. The van der Waals surface area contributed by atoms with Crippen LogP contribution in [0.4, 0.5) is 0 Å². The van der Waals surface area contributed by atoms with Crippen LogP contribution < -0.4 is 0 Å². The second-order valence-electron chi connectivity index (χ2n) is 2.63. The van der Waals surface area contributed by atoms with E-state index in [1.54, 1.807) is 0 Å². The molecule has 0 spiro atoms. The number of epoxide rings is 1. The average molecular weight is 214 g/mol. The number of pyridine rings is 1. The zero-order valence-electron chi connectivity index (χ0n) is 5.96. The van der Waals surface area contributed by atoms with Crippen LogP contribution in [0.3, 0.4) is 0 Å². The normalized spacial score (nSPS) is 21.7. The van der Waals surface area contributed by atoms with Gasteiger partial charge in [-0.1, -0.05) is 0 Å². The molecule has 3 heteroatoms. The number of nitrogens with zero attached hydrogens (tertiary/aromatic N) is 1. The Bertz CT molecular complexity index is 243. The van der Waals surface area contributed by atoms with Crippen LogP contribution in [0.5, 0.6) is 0 Å². The van der Waals surface area contributed by atoms with E-state index in [1.807, 2.05) is 18.3 Å². The monoisotopic (exact) mass is 213 g/mol. The molecule has 0 radical (unpaired) electrons. The van der Waals surface area contributed by atoms with Crippen LogP contribution in [-0.4, -0.2) is 17.7 Å². The molecule has 0 N–H and O–H groups in total. The number of halogens is 1. The minimum atomic E-state index is 0.434. The maximum Gasteiger partial charge on any atom is 0.0865 e. The van der Waals surface area contributed by atoms with E-state index in [1.165, 1.54) is 0 Å². The first kappa shape index (κ1) is 7.25. The fourth-order valence-corrected chi connectivity index (χ4v) is 1.18. The van der Waals surface area contributed by atoms with Gasteiger partial charge < -0.3 is 4.74 Å². The Morgan fingerprint density at radius 3 is 3.00 bits per heavy atom. The standard InChI is InChI=1S/C8H8BrNO/c9-6-1-2-7(10-4-6)3-8-5-11-8/h1-2,4,8H,3,5H2. The van der Waals surface area contributed by atoms with Gasteiger partial charge in [0.25, 0.3) is 0 Å². The van der Waals surface area contributed by atoms with Gasteiger partial charge in [-0.3, -0.25) is 4.98 Å². The molecule has 0 amide bonds. The summed E-state index contributed by atoms with van der Waals surface area (Å²) in [5.74, 6) is 0. The highest BCUT2D eigenvalue weighted by molar-refractivity contribution is 9.10. The van der Waals surface area contributed by atoms with Crippen molar-refractivity contribution in [2.45, 2.75) is 12.5 Å². The molecule has 1 aromatic rings. The van der Waals surface area contributed by atoms with Gasteiger partial charge >= 0.3 is 0 Å². The molecule has 0 aromatic carbocycles. The quantitative estimate of drug-likeness (QED) is 0.701. The largest absolute Gasteiger partial charge is 0.373 e. The molecule has 1 fully saturated rings. The zero-order valence-corrected chi connectivity index (χ0v) is 7.54. The molecule has 1 atom stereocenters. The molecule has 1 aliphatic rings. The van der Waals surface area contributed by atoms with E-state index in [0.717, 1.165) is 23.2 Å². The van der Waals surface area contributed by atoms with E-state index in [4.69, 9.17) is 4.74 Å². The number of rotatable bonds is 2. The van der Waals surface area contributed by atoms with Gasteiger partial charge in [-0.15, -0.1) is 0 Å². The predicted octanol–water partition coefficient (Wildman–Crippen LogP) is 1.79. The lowest BCUT2D eigenvalue weighted by atomic mass is 10.2. The Morgan fingerprint density at radius 1 is 1.64 bits per heavy atom. The first-order valence-corrected chi connectivity index (χ1v) is 4.36. The van der Waals surface area contributed by atoms with Crippen molar-refractivity contribution in [2.24, 2.45) is 0 Å². The Labute approximate surface area is 73.7 Å². The summed E-state index contributed by atoms with van der Waals surface area (Å²) >= 11 is 3.33. The third kappa shape index (κ3) is 2.01. The highest BCUT2D eigenvalue weighted by Gasteiger charge is 2.22. The van der Waals surface area contributed by atoms with Crippen molar-refractivity contribution in [1.29, 1.82) is 0 Å². The van der Waals surface area contributed by atoms with E-state index < -0.39 is 0 Å². The molecule has 2 nitrogen and oxygen atoms in total. The van der Waals surface area contributed by atoms with E-state index in [9.17, 15) is 0 Å². The summed E-state index contributed by atoms with van der Waals surface area (Å²) in [5, 5.41) is 0. The molecule has 1 aromatic heterocycles. The molecule has 2 heterocycles. The smallest absolute Gasteiger partial charge is 0.0865 e. The van der Waals surface area contributed by atoms with Gasteiger partial charge in [0, 0.05) is 22.8 Å². The summed E-state index contributed by atoms with van der Waals surface area (Å²) in [6, 6.07) is 4.02. The highest BCUT2D eigenvalue weighted by Crippen LogP contribution is 2.15. The summed E-state index contributed by atoms with van der Waals surface area (Å²) < 4.78 is 6.12. The molecule has 0 bridgehead atoms. The summed E-state index contributed by atoms with van der Waals surface area (Å²) in [6.45, 7) is 0.901. The summed E-state index contributed by atoms with van der Waals surface area (Å²) in [7, 11) is 0. The predicted molar refractivity (Wildman–Crippen MR) is 45.4 cm³/mol. The Morgan fingerprint density at radius 2 is 2.45 bits per heavy atom. The molecular formula is C8H8BrNO. The summed E-state index contributed by atoms with van der Waals surface area (Å²) in [4.78, 5) is 4.23. The lowest BCUT2D eigenvalue weighted by molar-refractivity contribution is 0.406. The van der Waals surface area contributed by atoms with Gasteiger partial charge in [0.05, 0.1) is 12.7 Å². The van der Waals surface area contributed by atoms with E-state index in [2.05, 4.69) is 20.9 Å². The summed E-state index contributed by atoms with van der Waals surface area (Å²) in [5.41, 5.74) is 1.11. The molecular weight excluding hydrogens is 206 g/mol. The highest BCUT2D eigenvalue weighted by atomic mass is 79.9. The fourth-order valence-electron chi connectivity index (χ4n) is 0.946. The van der Waals surface area contributed by atoms with Crippen LogP contribution in [0, 0.1) is 0 Å². The first-order chi connectivity index (χ1) is 5.34. The zero-order chi connectivity index (χ0) is 7.68. The maximum atomic E-state index is 5.09. The maximum absolute atomic E-state index is 5.09. The van der Waals surface area contributed by atoms with Crippen LogP contribution in [-0.2, 0) is 11.2 Å². The number of aromatic nitrogens is 1. The van der Waals surface area contributed by atoms with Gasteiger partial charge in [-0.25, -0.2) is 0 Å². The van der Waals surface area contributed by atoms with E-state index in [0.29, 0.717) is 6.10 Å². The lowest BCUT2D eigenvalue weighted by Crippen LogP contribution is -1.95. The van der Waals surface area contributed by atoms with E-state index in [-0.39, 0.29) is 0 Å². The van der Waals surface area contributed by atoms with Crippen LogP contribution in [0.1, 0.15) is 5.69 Å². The third-order valence-electron chi connectivity index (χ3n) is 1.63. The van der Waals surface area contributed by atoms with Crippen LogP contribution >= 0.6 is 15.9 Å². The van der Waals surface area contributed by atoms with Crippen molar-refractivity contribution in [1.82, 2.24) is 4.98 Å². The first-order valence-electron chi connectivity index (χ1n) is 3.56. The summed E-state index contributed by atoms with van der Waals surface area (Å²) in [6.07, 6.45) is 3.20. The average Bonchev–Trinajstić information content (AvgIpc) is 2.78. The van der Waals surface area contributed by atoms with Gasteiger partial charge in [-0.05, 0) is 28.1 Å². The molecule has 1 saturated heterocycles. The lowest BCUT2D eigenvalue weighted by Gasteiger charge is -1.95. The fraction of sp³-hybridized carbons (Fsp3) is 0.375. The number of hydrogen-bond donors (Lipinski definition) is 0. The van der Waals surface area contributed by atoms with Crippen molar-refractivity contribution in [3.05, 3.63) is 28.5 Å². The molecule has 11 heavy (non-hydrogen) atoms. The van der Waals surface area contributed by atoms with Gasteiger partial charge in [0.15, 0.2) is 0 Å². The number of hydrogen-bond acceptors (Lipinski definition) is 2. The molecule has 0 aliphatic carbocycles. The second-order valence-corrected chi connectivity index (χ2v) is 3.54. The minimum absolute atomic E-state index is 0.434. The van der Waals surface area contributed by atoms with Gasteiger partial charge in [-0.2, -0.15) is 0 Å². The molecule has 58 valence electrons. The molecule has 1 aliphatic heterocycles. The van der Waals surface area contributed by atoms with Crippen LogP contribution in [0.2, 0.25) is 0 Å². The van der Waals surface area contributed by atoms with Crippen LogP contribution in [0.25, 0.3) is 0 Å². The van der Waals surface area contributed by atoms with Crippen molar-refractivity contribution >= 4 is 15.9 Å². The Kier molecular flexibility index (Phi) is 1.92. The number of ether oxygens (including phenoxy) is 1. The van der Waals surface area contributed by atoms with Gasteiger partial charge in [0.2, 0.25) is 0 Å². The molecule has 2 rings (SSSR count). The van der Waals surface area contributed by atoms with E-state index >= 15 is 0 Å². The third-order valence-corrected chi connectivity index (χ3v) is 2.10. The Hall–Kier alpha value is -0.410. The SMILES string of the molecule is Brc1ccc(CC2CO2)nc1. The van der Waals surface area contributed by atoms with Crippen molar-refractivity contribution in [3.8, 4) is 0 Å². The van der Waals surface area contributed by atoms with Gasteiger partial charge in [0.1, 0.15) is 0 Å². The van der Waals surface area contributed by atoms with Crippen LogP contribution in [0.15, 0.2) is 22.8 Å². The topological polar surface area (TPSA) is 25.4 Å². The Balaban J connectivity index is 2.06. The van der Waals surface area contributed by atoms with Crippen molar-refractivity contribution < 1.29 is 4.74 Å².